The Morgan fingerprint density at radius 2 is 1.79 bits per heavy atom. The minimum atomic E-state index is -0.322. The summed E-state index contributed by atoms with van der Waals surface area (Å²) in [5.41, 5.74) is 0.576. The van der Waals surface area contributed by atoms with Gasteiger partial charge in [-0.1, -0.05) is 49.8 Å². The van der Waals surface area contributed by atoms with Gasteiger partial charge in [0, 0.05) is 5.02 Å². The minimum Gasteiger partial charge on any atom is -0.207 e. The molecule has 0 unspecified atom stereocenters. The van der Waals surface area contributed by atoms with Crippen LogP contribution >= 0.6 is 11.6 Å². The first-order valence-electron chi connectivity index (χ1n) is 7.00. The van der Waals surface area contributed by atoms with Crippen LogP contribution in [0, 0.1) is 22.6 Å². The van der Waals surface area contributed by atoms with Crippen molar-refractivity contribution in [1.29, 1.82) is 5.26 Å². The molecule has 102 valence electrons. The van der Waals surface area contributed by atoms with Crippen molar-refractivity contribution in [2.24, 2.45) is 5.41 Å². The van der Waals surface area contributed by atoms with Gasteiger partial charge in [0.05, 0.1) is 11.5 Å². The fourth-order valence-electron chi connectivity index (χ4n) is 2.94. The van der Waals surface area contributed by atoms with E-state index in [4.69, 9.17) is 11.6 Å². The van der Waals surface area contributed by atoms with Gasteiger partial charge in [0.25, 0.3) is 0 Å². The van der Waals surface area contributed by atoms with Crippen LogP contribution in [0.15, 0.2) is 18.2 Å². The summed E-state index contributed by atoms with van der Waals surface area (Å²) in [6.07, 6.45) is 8.40. The van der Waals surface area contributed by atoms with Crippen molar-refractivity contribution in [3.63, 3.8) is 0 Å². The fourth-order valence-corrected chi connectivity index (χ4v) is 3.17. The molecule has 0 N–H and O–H groups in total. The molecule has 1 saturated carbocycles. The number of benzene rings is 1. The normalized spacial score (nSPS) is 19.2. The lowest BCUT2D eigenvalue weighted by atomic mass is 9.73. The SMILES string of the molecule is N#CC1(Cc2ccc(F)cc2Cl)CCCCCCC1. The van der Waals surface area contributed by atoms with Gasteiger partial charge in [-0.3, -0.25) is 0 Å². The standard InChI is InChI=1S/C16H19ClFN/c17-15-10-14(18)7-6-13(15)11-16(12-19)8-4-2-1-3-5-9-16/h6-7,10H,1-5,8-9,11H2. The maximum Gasteiger partial charge on any atom is 0.124 e. The number of hydrogen-bond acceptors (Lipinski definition) is 1. The zero-order valence-corrected chi connectivity index (χ0v) is 11.8. The number of nitrogens with zero attached hydrogens (tertiary/aromatic N) is 1. The molecule has 1 nitrogen and oxygen atoms in total. The average molecular weight is 280 g/mol. The molecule has 1 aromatic carbocycles. The zero-order chi connectivity index (χ0) is 13.7. The number of hydrogen-bond donors (Lipinski definition) is 0. The molecule has 1 aromatic rings. The van der Waals surface area contributed by atoms with E-state index < -0.39 is 0 Å². The monoisotopic (exact) mass is 279 g/mol. The molecule has 0 amide bonds. The van der Waals surface area contributed by atoms with E-state index in [2.05, 4.69) is 6.07 Å². The molecule has 2 rings (SSSR count). The second-order valence-electron chi connectivity index (χ2n) is 5.57. The maximum absolute atomic E-state index is 13.1. The minimum absolute atomic E-state index is 0.318. The Morgan fingerprint density at radius 1 is 1.16 bits per heavy atom. The van der Waals surface area contributed by atoms with Gasteiger partial charge in [0.1, 0.15) is 5.82 Å². The molecule has 0 saturated heterocycles. The molecule has 0 atom stereocenters. The van der Waals surface area contributed by atoms with E-state index in [0.29, 0.717) is 11.4 Å². The van der Waals surface area contributed by atoms with Crippen LogP contribution in [0.1, 0.15) is 50.5 Å². The maximum atomic E-state index is 13.1. The first-order valence-corrected chi connectivity index (χ1v) is 7.38. The third-order valence-electron chi connectivity index (χ3n) is 4.09. The molecular formula is C16H19ClFN. The van der Waals surface area contributed by atoms with E-state index in [-0.39, 0.29) is 11.2 Å². The van der Waals surface area contributed by atoms with Crippen LogP contribution in [0.2, 0.25) is 5.02 Å². The lowest BCUT2D eigenvalue weighted by molar-refractivity contribution is 0.287. The highest BCUT2D eigenvalue weighted by atomic mass is 35.5. The van der Waals surface area contributed by atoms with E-state index >= 15 is 0 Å². The fraction of sp³-hybridized carbons (Fsp3) is 0.562. The molecule has 0 aliphatic heterocycles. The highest BCUT2D eigenvalue weighted by Gasteiger charge is 2.31. The van der Waals surface area contributed by atoms with Crippen molar-refractivity contribution in [1.82, 2.24) is 0 Å². The number of nitriles is 1. The summed E-state index contributed by atoms with van der Waals surface area (Å²) < 4.78 is 13.1. The van der Waals surface area contributed by atoms with E-state index in [9.17, 15) is 9.65 Å². The molecule has 1 aliphatic rings. The van der Waals surface area contributed by atoms with Gasteiger partial charge in [-0.15, -0.1) is 0 Å². The quantitative estimate of drug-likeness (QED) is 0.723. The van der Waals surface area contributed by atoms with Crippen LogP contribution < -0.4 is 0 Å². The van der Waals surface area contributed by atoms with Crippen LogP contribution in [0.5, 0.6) is 0 Å². The van der Waals surface area contributed by atoms with Crippen molar-refractivity contribution >= 4 is 11.6 Å². The van der Waals surface area contributed by atoms with Gasteiger partial charge >= 0.3 is 0 Å². The average Bonchev–Trinajstić information content (AvgIpc) is 2.36. The summed E-state index contributed by atoms with van der Waals surface area (Å²) in [4.78, 5) is 0. The van der Waals surface area contributed by atoms with E-state index in [1.807, 2.05) is 0 Å². The molecule has 0 radical (unpaired) electrons. The third-order valence-corrected chi connectivity index (χ3v) is 4.44. The molecular weight excluding hydrogens is 261 g/mol. The lowest BCUT2D eigenvalue weighted by Gasteiger charge is -2.29. The van der Waals surface area contributed by atoms with Crippen LogP contribution in [0.25, 0.3) is 0 Å². The number of halogens is 2. The van der Waals surface area contributed by atoms with Crippen molar-refractivity contribution < 1.29 is 4.39 Å². The summed E-state index contributed by atoms with van der Waals surface area (Å²) in [6, 6.07) is 7.00. The van der Waals surface area contributed by atoms with E-state index in [1.54, 1.807) is 6.07 Å². The molecule has 0 bridgehead atoms. The predicted octanol–water partition coefficient (Wildman–Crippen LogP) is 5.28. The largest absolute Gasteiger partial charge is 0.207 e. The smallest absolute Gasteiger partial charge is 0.124 e. The first-order chi connectivity index (χ1) is 9.15. The van der Waals surface area contributed by atoms with Gasteiger partial charge in [0.15, 0.2) is 0 Å². The molecule has 1 fully saturated rings. The van der Waals surface area contributed by atoms with Gasteiger partial charge < -0.3 is 0 Å². The van der Waals surface area contributed by atoms with Gasteiger partial charge in [-0.2, -0.15) is 5.26 Å². The second-order valence-corrected chi connectivity index (χ2v) is 5.98. The van der Waals surface area contributed by atoms with Crippen molar-refractivity contribution in [2.45, 2.75) is 51.4 Å². The van der Waals surface area contributed by atoms with Crippen LogP contribution in [0.4, 0.5) is 4.39 Å². The second kappa shape index (κ2) is 6.39. The molecule has 0 heterocycles. The van der Waals surface area contributed by atoms with Gasteiger partial charge in [-0.25, -0.2) is 4.39 Å². The highest BCUT2D eigenvalue weighted by Crippen LogP contribution is 2.38. The molecule has 3 heteroatoms. The van der Waals surface area contributed by atoms with Crippen molar-refractivity contribution in [3.05, 3.63) is 34.6 Å². The third kappa shape index (κ3) is 3.70. The van der Waals surface area contributed by atoms with E-state index in [0.717, 1.165) is 31.2 Å². The molecule has 19 heavy (non-hydrogen) atoms. The van der Waals surface area contributed by atoms with Crippen LogP contribution in [-0.2, 0) is 6.42 Å². The Bertz CT molecular complexity index is 470. The summed E-state index contributed by atoms with van der Waals surface area (Å²) in [5, 5.41) is 10.0. The van der Waals surface area contributed by atoms with Crippen LogP contribution in [-0.4, -0.2) is 0 Å². The summed E-state index contributed by atoms with van der Waals surface area (Å²) in [7, 11) is 0. The lowest BCUT2D eigenvalue weighted by Crippen LogP contribution is -2.23. The first kappa shape index (κ1) is 14.3. The molecule has 0 aromatic heterocycles. The molecule has 1 aliphatic carbocycles. The topological polar surface area (TPSA) is 23.8 Å². The van der Waals surface area contributed by atoms with E-state index in [1.165, 1.54) is 31.4 Å². The highest BCUT2D eigenvalue weighted by molar-refractivity contribution is 6.31. The zero-order valence-electron chi connectivity index (χ0n) is 11.1. The van der Waals surface area contributed by atoms with Crippen LogP contribution in [0.3, 0.4) is 0 Å². The molecule has 0 spiro atoms. The van der Waals surface area contributed by atoms with Crippen molar-refractivity contribution in [2.75, 3.05) is 0 Å². The Balaban J connectivity index is 2.19. The van der Waals surface area contributed by atoms with Gasteiger partial charge in [0.2, 0.25) is 0 Å². The summed E-state index contributed by atoms with van der Waals surface area (Å²) in [6.45, 7) is 0. The number of rotatable bonds is 2. The van der Waals surface area contributed by atoms with Crippen molar-refractivity contribution in [3.8, 4) is 6.07 Å². The summed E-state index contributed by atoms with van der Waals surface area (Å²) in [5.74, 6) is -0.322. The Labute approximate surface area is 119 Å². The Kier molecular flexibility index (Phi) is 4.82. The predicted molar refractivity (Wildman–Crippen MR) is 75.5 cm³/mol. The van der Waals surface area contributed by atoms with Gasteiger partial charge in [-0.05, 0) is 37.0 Å². The Hall–Kier alpha value is -1.07. The summed E-state index contributed by atoms with van der Waals surface area (Å²) >= 11 is 6.09. The Morgan fingerprint density at radius 3 is 2.37 bits per heavy atom.